The summed E-state index contributed by atoms with van der Waals surface area (Å²) < 4.78 is 2.03. The zero-order chi connectivity index (χ0) is 16.9. The first-order valence-electron chi connectivity index (χ1n) is 8.76. The van der Waals surface area contributed by atoms with Crippen molar-refractivity contribution in [3.05, 3.63) is 41.7 Å². The summed E-state index contributed by atoms with van der Waals surface area (Å²) in [7, 11) is 0. The summed E-state index contributed by atoms with van der Waals surface area (Å²) in [6, 6.07) is 9.59. The van der Waals surface area contributed by atoms with Crippen molar-refractivity contribution in [2.24, 2.45) is 0 Å². The van der Waals surface area contributed by atoms with Gasteiger partial charge in [-0.25, -0.2) is 0 Å². The number of hydrogen-bond donors (Lipinski definition) is 1. The Kier molecular flexibility index (Phi) is 5.25. The molecule has 1 aromatic heterocycles. The fourth-order valence-corrected chi connectivity index (χ4v) is 3.33. The predicted molar refractivity (Wildman–Crippen MR) is 93.7 cm³/mol. The van der Waals surface area contributed by atoms with Gasteiger partial charge in [0.05, 0.1) is 0 Å². The monoisotopic (exact) mass is 327 g/mol. The van der Waals surface area contributed by atoms with Gasteiger partial charge in [0, 0.05) is 13.0 Å². The van der Waals surface area contributed by atoms with Gasteiger partial charge in [-0.2, -0.15) is 0 Å². The lowest BCUT2D eigenvalue weighted by Crippen LogP contribution is -2.37. The van der Waals surface area contributed by atoms with Crippen molar-refractivity contribution < 1.29 is 4.79 Å². The van der Waals surface area contributed by atoms with E-state index in [9.17, 15) is 4.79 Å². The van der Waals surface area contributed by atoms with Crippen LogP contribution in [0.5, 0.6) is 0 Å². The Balaban J connectivity index is 1.85. The molecule has 3 rings (SSSR count). The third-order valence-electron chi connectivity index (χ3n) is 4.64. The summed E-state index contributed by atoms with van der Waals surface area (Å²) >= 11 is 0. The normalized spacial score (nSPS) is 15.1. The van der Waals surface area contributed by atoms with Gasteiger partial charge in [-0.05, 0) is 31.5 Å². The number of hydrogen-bond acceptors (Lipinski definition) is 4. The van der Waals surface area contributed by atoms with Crippen LogP contribution in [0, 0.1) is 0 Å². The van der Waals surface area contributed by atoms with Gasteiger partial charge < -0.3 is 0 Å². The molecule has 1 unspecified atom stereocenters. The maximum absolute atomic E-state index is 13.0. The number of aryl methyl sites for hydroxylation is 1. The molecule has 0 spiro atoms. The largest absolute Gasteiger partial charge is 0.297 e. The lowest BCUT2D eigenvalue weighted by Gasteiger charge is -2.29. The molecule has 0 saturated carbocycles. The van der Waals surface area contributed by atoms with Gasteiger partial charge in [0.2, 0.25) is 11.9 Å². The molecule has 0 radical (unpaired) electrons. The van der Waals surface area contributed by atoms with Crippen molar-refractivity contribution in [3.8, 4) is 0 Å². The van der Waals surface area contributed by atoms with Crippen LogP contribution in [0.4, 0.5) is 5.95 Å². The Hall–Kier alpha value is -2.21. The molecule has 1 N–H and O–H groups in total. The summed E-state index contributed by atoms with van der Waals surface area (Å²) in [5, 5.41) is 11.4. The first-order chi connectivity index (χ1) is 11.7. The summed E-state index contributed by atoms with van der Waals surface area (Å²) in [6.07, 6.45) is 3.17. The van der Waals surface area contributed by atoms with Crippen LogP contribution in [0.3, 0.4) is 0 Å². The van der Waals surface area contributed by atoms with Gasteiger partial charge in [0.25, 0.3) is 0 Å². The van der Waals surface area contributed by atoms with E-state index in [1.165, 1.54) is 0 Å². The van der Waals surface area contributed by atoms with Crippen molar-refractivity contribution in [1.82, 2.24) is 19.7 Å². The maximum Gasteiger partial charge on any atom is 0.248 e. The number of aromatic nitrogens is 3. The van der Waals surface area contributed by atoms with E-state index in [0.717, 1.165) is 50.3 Å². The van der Waals surface area contributed by atoms with Gasteiger partial charge in [-0.1, -0.05) is 44.2 Å². The van der Waals surface area contributed by atoms with E-state index in [1.807, 2.05) is 34.9 Å². The fraction of sp³-hybridized carbons (Fsp3) is 0.500. The number of amides is 1. The van der Waals surface area contributed by atoms with Gasteiger partial charge in [0.15, 0.2) is 0 Å². The first-order valence-corrected chi connectivity index (χ1v) is 8.76. The second-order valence-electron chi connectivity index (χ2n) is 6.07. The number of nitrogens with one attached hydrogen (secondary N) is 1. The first kappa shape index (κ1) is 16.6. The van der Waals surface area contributed by atoms with Gasteiger partial charge >= 0.3 is 0 Å². The van der Waals surface area contributed by atoms with Crippen LogP contribution in [0.15, 0.2) is 30.3 Å². The highest BCUT2D eigenvalue weighted by Gasteiger charge is 2.27. The number of rotatable bonds is 6. The summed E-state index contributed by atoms with van der Waals surface area (Å²) in [4.78, 5) is 15.2. The Labute approximate surface area is 142 Å². The lowest BCUT2D eigenvalue weighted by molar-refractivity contribution is -0.121. The molecule has 2 heterocycles. The van der Waals surface area contributed by atoms with Crippen LogP contribution >= 0.6 is 0 Å². The van der Waals surface area contributed by atoms with Crippen LogP contribution in [-0.4, -0.2) is 38.7 Å². The summed E-state index contributed by atoms with van der Waals surface area (Å²) in [6.45, 7) is 6.64. The van der Waals surface area contributed by atoms with Gasteiger partial charge in [-0.15, -0.1) is 10.2 Å². The third-order valence-corrected chi connectivity index (χ3v) is 4.64. The molecule has 2 aromatic rings. The Morgan fingerprint density at radius 3 is 2.67 bits per heavy atom. The number of benzene rings is 1. The number of anilines is 1. The standard InChI is InChI=1S/C18H25N5O/c1-3-22(4-2)16(14-10-6-5-7-11-14)17(24)19-18-21-20-15-12-8-9-13-23(15)18/h5-7,10-11,16H,3-4,8-9,12-13H2,1-2H3,(H,19,21,24). The molecule has 24 heavy (non-hydrogen) atoms. The van der Waals surface area contributed by atoms with Crippen molar-refractivity contribution in [2.75, 3.05) is 18.4 Å². The molecule has 0 saturated heterocycles. The number of nitrogens with zero attached hydrogens (tertiary/aromatic N) is 4. The van der Waals surface area contributed by atoms with Crippen LogP contribution in [0.1, 0.15) is 44.1 Å². The van der Waals surface area contributed by atoms with Gasteiger partial charge in [-0.3, -0.25) is 19.6 Å². The third kappa shape index (κ3) is 3.33. The molecule has 0 aliphatic carbocycles. The predicted octanol–water partition coefficient (Wildman–Crippen LogP) is 2.64. The minimum absolute atomic E-state index is 0.0503. The van der Waals surface area contributed by atoms with Crippen LogP contribution < -0.4 is 5.32 Å². The number of carbonyl (C=O) groups is 1. The van der Waals surface area contributed by atoms with E-state index in [4.69, 9.17) is 0 Å². The van der Waals surface area contributed by atoms with Crippen molar-refractivity contribution in [1.29, 1.82) is 0 Å². The van der Waals surface area contributed by atoms with E-state index >= 15 is 0 Å². The molecule has 128 valence electrons. The molecule has 6 nitrogen and oxygen atoms in total. The molecule has 1 aliphatic heterocycles. The average molecular weight is 327 g/mol. The number of likely N-dealkylation sites (N-methyl/N-ethyl adjacent to an activating group) is 1. The highest BCUT2D eigenvalue weighted by Crippen LogP contribution is 2.23. The molecular weight excluding hydrogens is 302 g/mol. The van der Waals surface area contributed by atoms with E-state index in [0.29, 0.717) is 5.95 Å². The van der Waals surface area contributed by atoms with Crippen LogP contribution in [0.2, 0.25) is 0 Å². The smallest absolute Gasteiger partial charge is 0.248 e. The second-order valence-corrected chi connectivity index (χ2v) is 6.07. The van der Waals surface area contributed by atoms with Crippen LogP contribution in [-0.2, 0) is 17.8 Å². The molecule has 1 aromatic carbocycles. The molecule has 6 heteroatoms. The number of fused-ring (bicyclic) bond motifs is 1. The van der Waals surface area contributed by atoms with E-state index < -0.39 is 0 Å². The van der Waals surface area contributed by atoms with E-state index in [2.05, 4.69) is 34.3 Å². The highest BCUT2D eigenvalue weighted by atomic mass is 16.2. The van der Waals surface area contributed by atoms with Crippen molar-refractivity contribution >= 4 is 11.9 Å². The zero-order valence-corrected chi connectivity index (χ0v) is 14.4. The zero-order valence-electron chi connectivity index (χ0n) is 14.4. The van der Waals surface area contributed by atoms with Crippen molar-refractivity contribution in [2.45, 2.75) is 45.7 Å². The average Bonchev–Trinajstić information content (AvgIpc) is 3.03. The van der Waals surface area contributed by atoms with Crippen molar-refractivity contribution in [3.63, 3.8) is 0 Å². The fourth-order valence-electron chi connectivity index (χ4n) is 3.33. The summed E-state index contributed by atoms with van der Waals surface area (Å²) in [5.74, 6) is 1.49. The maximum atomic E-state index is 13.0. The molecule has 0 fully saturated rings. The second kappa shape index (κ2) is 7.57. The Morgan fingerprint density at radius 1 is 1.21 bits per heavy atom. The SMILES string of the molecule is CCN(CC)C(C(=O)Nc1nnc2n1CCCC2)c1ccccc1. The molecule has 1 atom stereocenters. The topological polar surface area (TPSA) is 63.1 Å². The molecular formula is C18H25N5O. The van der Waals surface area contributed by atoms with E-state index in [1.54, 1.807) is 0 Å². The van der Waals surface area contributed by atoms with E-state index in [-0.39, 0.29) is 11.9 Å². The quantitative estimate of drug-likeness (QED) is 0.886. The molecule has 0 bridgehead atoms. The van der Waals surface area contributed by atoms with Gasteiger partial charge in [0.1, 0.15) is 11.9 Å². The number of carbonyl (C=O) groups excluding carboxylic acids is 1. The Morgan fingerprint density at radius 2 is 1.96 bits per heavy atom. The minimum Gasteiger partial charge on any atom is -0.297 e. The Bertz CT molecular complexity index is 678. The molecule has 1 amide bonds. The lowest BCUT2D eigenvalue weighted by atomic mass is 10.0. The highest BCUT2D eigenvalue weighted by molar-refractivity contribution is 5.94. The van der Waals surface area contributed by atoms with Crippen LogP contribution in [0.25, 0.3) is 0 Å². The molecule has 1 aliphatic rings. The summed E-state index contributed by atoms with van der Waals surface area (Å²) in [5.41, 5.74) is 0.997. The minimum atomic E-state index is -0.322.